The Morgan fingerprint density at radius 1 is 0.875 bits per heavy atom. The van der Waals surface area contributed by atoms with E-state index in [2.05, 4.69) is 36.1 Å². The van der Waals surface area contributed by atoms with Gasteiger partial charge in [0.05, 0.1) is 30.6 Å². The van der Waals surface area contributed by atoms with E-state index in [1.54, 1.807) is 6.20 Å². The van der Waals surface area contributed by atoms with Crippen molar-refractivity contribution < 1.29 is 29.1 Å². The lowest BCUT2D eigenvalue weighted by Crippen LogP contribution is -2.70. The van der Waals surface area contributed by atoms with Gasteiger partial charge in [-0.2, -0.15) is 4.59 Å². The lowest BCUT2D eigenvalue weighted by atomic mass is 9.84. The van der Waals surface area contributed by atoms with Crippen LogP contribution in [0.2, 0.25) is 0 Å². The maximum Gasteiger partial charge on any atom is 0.260 e. The summed E-state index contributed by atoms with van der Waals surface area (Å²) in [4.78, 5) is 22.2. The van der Waals surface area contributed by atoms with E-state index in [4.69, 9.17) is 14.5 Å². The van der Waals surface area contributed by atoms with Crippen LogP contribution in [0, 0.1) is 0 Å². The fourth-order valence-corrected chi connectivity index (χ4v) is 7.33. The van der Waals surface area contributed by atoms with Crippen LogP contribution < -0.4 is 16.1 Å². The normalized spacial score (nSPS) is 20.7. The van der Waals surface area contributed by atoms with Gasteiger partial charge < -0.3 is 24.6 Å². The second-order valence-corrected chi connectivity index (χ2v) is 13.2. The summed E-state index contributed by atoms with van der Waals surface area (Å²) in [5, 5.41) is 27.5. The van der Waals surface area contributed by atoms with Gasteiger partial charge in [0, 0.05) is 57.8 Å². The monoisotopic (exact) mass is 659 g/mol. The Morgan fingerprint density at radius 2 is 1.44 bits per heavy atom. The van der Waals surface area contributed by atoms with Crippen molar-refractivity contribution >= 4 is 11.7 Å². The van der Waals surface area contributed by atoms with Gasteiger partial charge in [0.2, 0.25) is 0 Å². The molecule has 5 N–H and O–H groups in total. The Hall–Kier alpha value is -3.42. The third kappa shape index (κ3) is 7.13. The van der Waals surface area contributed by atoms with E-state index in [1.165, 1.54) is 0 Å². The van der Waals surface area contributed by atoms with Crippen molar-refractivity contribution in [3.05, 3.63) is 94.3 Å². The van der Waals surface area contributed by atoms with Crippen LogP contribution in [-0.2, 0) is 40.6 Å². The van der Waals surface area contributed by atoms with E-state index >= 15 is 4.79 Å². The molecule has 0 spiro atoms. The predicted octanol–water partition coefficient (Wildman–Crippen LogP) is 2.99. The Kier molecular flexibility index (Phi) is 11.1. The highest BCUT2D eigenvalue weighted by atomic mass is 16.5. The highest BCUT2D eigenvalue weighted by molar-refractivity contribution is 6.06. The van der Waals surface area contributed by atoms with Crippen molar-refractivity contribution in [1.29, 1.82) is 0 Å². The largest absolute Gasteiger partial charge is 0.392 e. The van der Waals surface area contributed by atoms with Gasteiger partial charge in [0.25, 0.3) is 11.7 Å². The number of hydrogen-bond acceptors (Lipinski definition) is 9. The summed E-state index contributed by atoms with van der Waals surface area (Å²) in [6, 6.07) is 15.7. The van der Waals surface area contributed by atoms with Gasteiger partial charge in [-0.1, -0.05) is 48.5 Å². The average Bonchev–Trinajstić information content (AvgIpc) is 3.52. The Morgan fingerprint density at radius 3 is 2.02 bits per heavy atom. The molecular weight excluding hydrogens is 608 g/mol. The second-order valence-electron chi connectivity index (χ2n) is 13.2. The topological polar surface area (TPSA) is 128 Å². The number of fused-ring (bicyclic) bond motifs is 1. The number of aliphatic hydroxyl groups excluding tert-OH is 2. The number of aliphatic imine (C=N–C) groups is 1. The first-order valence-electron chi connectivity index (χ1n) is 17.5. The maximum absolute atomic E-state index is 15.3. The molecule has 11 nitrogen and oxygen atoms in total. The van der Waals surface area contributed by atoms with E-state index < -0.39 is 5.66 Å². The molecule has 0 aliphatic carbocycles. The van der Waals surface area contributed by atoms with Crippen molar-refractivity contribution in [3.8, 4) is 0 Å². The fourth-order valence-electron chi connectivity index (χ4n) is 7.33. The smallest absolute Gasteiger partial charge is 0.260 e. The van der Waals surface area contributed by atoms with E-state index in [0.717, 1.165) is 72.4 Å². The number of quaternary nitrogens is 1. The summed E-state index contributed by atoms with van der Waals surface area (Å²) >= 11 is 0. The zero-order valence-electron chi connectivity index (χ0n) is 28.3. The van der Waals surface area contributed by atoms with Crippen LogP contribution in [0.4, 0.5) is 0 Å². The summed E-state index contributed by atoms with van der Waals surface area (Å²) < 4.78 is 12.0. The Bertz CT molecular complexity index is 1490. The first-order valence-corrected chi connectivity index (χ1v) is 17.5. The first-order chi connectivity index (χ1) is 23.4. The number of aliphatic hydroxyl groups is 2. The van der Waals surface area contributed by atoms with Gasteiger partial charge in [0.1, 0.15) is 18.8 Å². The lowest BCUT2D eigenvalue weighted by Gasteiger charge is -2.46. The SMILES string of the molecule is CC[N+]1(CC)NC=C2C1=NC=C(C(=O)N(Cc1ccc(CO)cc1)Cc1cccc(CO)c1)C2(NC1CCOCC1)NC1CCOCC1. The molecule has 11 heteroatoms. The number of amidine groups is 1. The molecule has 0 atom stereocenters. The van der Waals surface area contributed by atoms with E-state index in [9.17, 15) is 10.2 Å². The summed E-state index contributed by atoms with van der Waals surface area (Å²) in [5.41, 5.74) is 7.63. The number of nitrogens with one attached hydrogen (secondary N) is 3. The van der Waals surface area contributed by atoms with Crippen LogP contribution >= 0.6 is 0 Å². The van der Waals surface area contributed by atoms with E-state index in [-0.39, 0.29) is 31.2 Å². The molecule has 2 aromatic carbocycles. The van der Waals surface area contributed by atoms with Crippen molar-refractivity contribution in [1.82, 2.24) is 21.0 Å². The highest BCUT2D eigenvalue weighted by Gasteiger charge is 2.56. The Balaban J connectivity index is 1.46. The highest BCUT2D eigenvalue weighted by Crippen LogP contribution is 2.38. The molecule has 0 radical (unpaired) electrons. The second kappa shape index (κ2) is 15.4. The number of amides is 1. The molecule has 2 saturated heterocycles. The van der Waals surface area contributed by atoms with Gasteiger partial charge in [-0.25, -0.2) is 10.4 Å². The number of ether oxygens (including phenoxy) is 2. The number of hydrogen-bond donors (Lipinski definition) is 5. The molecule has 48 heavy (non-hydrogen) atoms. The molecule has 2 aromatic rings. The predicted molar refractivity (Wildman–Crippen MR) is 184 cm³/mol. The molecule has 0 bridgehead atoms. The summed E-state index contributed by atoms with van der Waals surface area (Å²) in [6.07, 6.45) is 7.20. The summed E-state index contributed by atoms with van der Waals surface area (Å²) in [7, 11) is 0. The van der Waals surface area contributed by atoms with Gasteiger partial charge >= 0.3 is 0 Å². The van der Waals surface area contributed by atoms with Crippen LogP contribution in [0.1, 0.15) is 61.8 Å². The number of carbonyl (C=O) groups is 1. The molecule has 0 unspecified atom stereocenters. The summed E-state index contributed by atoms with van der Waals surface area (Å²) in [6.45, 7) is 9.15. The van der Waals surface area contributed by atoms with Crippen LogP contribution in [0.3, 0.4) is 0 Å². The minimum Gasteiger partial charge on any atom is -0.392 e. The zero-order valence-corrected chi connectivity index (χ0v) is 28.3. The standard InChI is InChI=1S/C37H50N6O5/c1-3-43(4-2)35-33(22-39-43)37(40-31-12-16-47-17-13-31,41-32-14-18-48-19-15-32)34(21-38-35)36(46)42(23-27-8-10-28(25-44)11-9-27)24-29-6-5-7-30(20-29)26-45/h5-11,20-22,31-32,40-41,44-45H,3-4,12-19,23-26H2,1-2H3/p+1. The first kappa shape index (κ1) is 34.4. The van der Waals surface area contributed by atoms with Crippen molar-refractivity contribution in [2.24, 2.45) is 4.99 Å². The van der Waals surface area contributed by atoms with Crippen molar-refractivity contribution in [3.63, 3.8) is 0 Å². The number of benzene rings is 2. The van der Waals surface area contributed by atoms with Gasteiger partial charge in [-0.3, -0.25) is 15.4 Å². The van der Waals surface area contributed by atoms with Crippen molar-refractivity contribution in [2.45, 2.75) is 83.6 Å². The average molecular weight is 660 g/mol. The maximum atomic E-state index is 15.3. The zero-order chi connectivity index (χ0) is 33.6. The molecule has 0 aromatic heterocycles. The lowest BCUT2D eigenvalue weighted by molar-refractivity contribution is -0.873. The number of carbonyl (C=O) groups excluding carboxylic acids is 1. The quantitative estimate of drug-likeness (QED) is 0.164. The third-order valence-corrected chi connectivity index (χ3v) is 10.2. The van der Waals surface area contributed by atoms with Crippen LogP contribution in [0.15, 0.2) is 77.1 Å². The Labute approximate surface area is 283 Å². The minimum absolute atomic E-state index is 0.0406. The third-order valence-electron chi connectivity index (χ3n) is 10.2. The number of likely N-dealkylation sites (N-methyl/N-ethyl adjacent to an activating group) is 1. The van der Waals surface area contributed by atoms with Crippen LogP contribution in [-0.4, -0.2) is 88.7 Å². The van der Waals surface area contributed by atoms with E-state index in [1.807, 2.05) is 53.4 Å². The molecule has 4 aliphatic heterocycles. The number of rotatable bonds is 13. The molecule has 258 valence electrons. The molecule has 0 saturated carbocycles. The number of nitrogens with zero attached hydrogens (tertiary/aromatic N) is 3. The van der Waals surface area contributed by atoms with E-state index in [0.29, 0.717) is 49.7 Å². The fraction of sp³-hybridized carbons (Fsp3) is 0.514. The summed E-state index contributed by atoms with van der Waals surface area (Å²) in [5.74, 6) is 0.786. The molecule has 2 fully saturated rings. The molecule has 1 amide bonds. The van der Waals surface area contributed by atoms with Crippen LogP contribution in [0.25, 0.3) is 0 Å². The molecular formula is C37H51N6O5+. The van der Waals surface area contributed by atoms with Gasteiger partial charge in [0.15, 0.2) is 0 Å². The van der Waals surface area contributed by atoms with Crippen molar-refractivity contribution in [2.75, 3.05) is 39.5 Å². The van der Waals surface area contributed by atoms with Crippen LogP contribution in [0.5, 0.6) is 0 Å². The molecule has 4 aliphatic rings. The van der Waals surface area contributed by atoms with Gasteiger partial charge in [-0.15, -0.1) is 0 Å². The molecule has 6 rings (SSSR count). The molecule has 4 heterocycles. The minimum atomic E-state index is -1.01. The van der Waals surface area contributed by atoms with Gasteiger partial charge in [-0.05, 0) is 61.8 Å².